The number of amides is 1. The second-order valence-electron chi connectivity index (χ2n) is 7.22. The van der Waals surface area contributed by atoms with Crippen LogP contribution < -0.4 is 5.32 Å². The van der Waals surface area contributed by atoms with Crippen LogP contribution in [0.3, 0.4) is 0 Å². The highest BCUT2D eigenvalue weighted by molar-refractivity contribution is 7.15. The molecule has 134 valence electrons. The molecular weight excluding hydrogens is 330 g/mol. The summed E-state index contributed by atoms with van der Waals surface area (Å²) in [5, 5.41) is 13.1. The van der Waals surface area contributed by atoms with Crippen LogP contribution in [-0.2, 0) is 11.2 Å². The van der Waals surface area contributed by atoms with Crippen molar-refractivity contribution in [3.05, 3.63) is 40.4 Å². The van der Waals surface area contributed by atoms with E-state index in [0.717, 1.165) is 11.4 Å². The zero-order chi connectivity index (χ0) is 17.6. The summed E-state index contributed by atoms with van der Waals surface area (Å²) >= 11 is 1.54. The smallest absolute Gasteiger partial charge is 0.226 e. The lowest BCUT2D eigenvalue weighted by Gasteiger charge is -2.18. The predicted molar refractivity (Wildman–Crippen MR) is 103 cm³/mol. The summed E-state index contributed by atoms with van der Waals surface area (Å²) in [6.45, 7) is 4.37. The molecule has 4 nitrogen and oxygen atoms in total. The van der Waals surface area contributed by atoms with E-state index >= 15 is 0 Å². The van der Waals surface area contributed by atoms with Crippen molar-refractivity contribution in [1.82, 2.24) is 10.2 Å². The second kappa shape index (κ2) is 8.56. The Bertz CT molecular complexity index is 687. The number of anilines is 1. The number of hydrogen-bond donors (Lipinski definition) is 1. The van der Waals surface area contributed by atoms with Crippen molar-refractivity contribution in [3.63, 3.8) is 0 Å². The van der Waals surface area contributed by atoms with E-state index in [1.54, 1.807) is 11.3 Å². The first-order valence-electron chi connectivity index (χ1n) is 9.34. The Balaban J connectivity index is 1.48. The number of carbonyl (C=O) groups excluding carboxylic acids is 1. The van der Waals surface area contributed by atoms with Gasteiger partial charge in [0, 0.05) is 12.3 Å². The standard InChI is InChI=1S/C20H27N3OS/c1-14(2)16-11-8-15(9-12-16)10-13-18(24)21-20-23-22-19(25-20)17-6-4-3-5-7-17/h8-9,11-12,14,17H,3-7,10,13H2,1-2H3,(H,21,23,24). The lowest BCUT2D eigenvalue weighted by Crippen LogP contribution is -2.12. The van der Waals surface area contributed by atoms with Crippen molar-refractivity contribution in [3.8, 4) is 0 Å². The molecule has 1 N–H and O–H groups in total. The van der Waals surface area contributed by atoms with Gasteiger partial charge in [-0.2, -0.15) is 0 Å². The number of carbonyl (C=O) groups is 1. The molecule has 1 heterocycles. The minimum atomic E-state index is 0.0132. The van der Waals surface area contributed by atoms with Crippen molar-refractivity contribution in [2.75, 3.05) is 5.32 Å². The van der Waals surface area contributed by atoms with E-state index in [0.29, 0.717) is 23.4 Å². The van der Waals surface area contributed by atoms with E-state index in [1.165, 1.54) is 43.2 Å². The maximum Gasteiger partial charge on any atom is 0.226 e. The Kier molecular flexibility index (Phi) is 6.19. The number of aromatic nitrogens is 2. The molecule has 3 rings (SSSR count). The maximum absolute atomic E-state index is 12.2. The van der Waals surface area contributed by atoms with Crippen LogP contribution in [0.15, 0.2) is 24.3 Å². The highest BCUT2D eigenvalue weighted by Gasteiger charge is 2.20. The van der Waals surface area contributed by atoms with E-state index in [4.69, 9.17) is 0 Å². The van der Waals surface area contributed by atoms with E-state index in [-0.39, 0.29) is 5.91 Å². The molecule has 0 spiro atoms. The van der Waals surface area contributed by atoms with Gasteiger partial charge in [-0.25, -0.2) is 0 Å². The fourth-order valence-corrected chi connectivity index (χ4v) is 4.24. The summed E-state index contributed by atoms with van der Waals surface area (Å²) in [5.41, 5.74) is 2.53. The molecule has 0 atom stereocenters. The summed E-state index contributed by atoms with van der Waals surface area (Å²) in [7, 11) is 0. The quantitative estimate of drug-likeness (QED) is 0.765. The molecule has 0 saturated heterocycles. The Morgan fingerprint density at radius 2 is 1.88 bits per heavy atom. The number of rotatable bonds is 6. The van der Waals surface area contributed by atoms with Gasteiger partial charge in [0.1, 0.15) is 5.01 Å². The molecule has 0 unspecified atom stereocenters. The lowest BCUT2D eigenvalue weighted by atomic mass is 9.90. The molecule has 1 aliphatic rings. The molecule has 1 amide bonds. The molecule has 5 heteroatoms. The van der Waals surface area contributed by atoms with Gasteiger partial charge in [-0.1, -0.05) is 68.7 Å². The van der Waals surface area contributed by atoms with Gasteiger partial charge in [0.2, 0.25) is 11.0 Å². The van der Waals surface area contributed by atoms with E-state index < -0.39 is 0 Å². The van der Waals surface area contributed by atoms with Gasteiger partial charge in [-0.15, -0.1) is 10.2 Å². The first-order chi connectivity index (χ1) is 12.1. The van der Waals surface area contributed by atoms with Crippen LogP contribution >= 0.6 is 11.3 Å². The van der Waals surface area contributed by atoms with Gasteiger partial charge >= 0.3 is 0 Å². The van der Waals surface area contributed by atoms with E-state index in [1.807, 2.05) is 0 Å². The summed E-state index contributed by atoms with van der Waals surface area (Å²) in [6.07, 6.45) is 7.52. The van der Waals surface area contributed by atoms with Crippen LogP contribution in [0.4, 0.5) is 5.13 Å². The molecule has 1 aromatic carbocycles. The third kappa shape index (κ3) is 5.11. The average molecular weight is 358 g/mol. The molecule has 25 heavy (non-hydrogen) atoms. The average Bonchev–Trinajstić information content (AvgIpc) is 3.09. The highest BCUT2D eigenvalue weighted by atomic mass is 32.1. The van der Waals surface area contributed by atoms with Crippen LogP contribution in [0, 0.1) is 0 Å². The molecule has 0 aliphatic heterocycles. The minimum absolute atomic E-state index is 0.0132. The maximum atomic E-state index is 12.2. The van der Waals surface area contributed by atoms with Gasteiger partial charge < -0.3 is 5.32 Å². The zero-order valence-electron chi connectivity index (χ0n) is 15.1. The van der Waals surface area contributed by atoms with Crippen molar-refractivity contribution in [2.45, 2.75) is 70.6 Å². The molecular formula is C20H27N3OS. The number of nitrogens with zero attached hydrogens (tertiary/aromatic N) is 2. The molecule has 1 aromatic heterocycles. The summed E-state index contributed by atoms with van der Waals surface area (Å²) in [4.78, 5) is 12.2. The van der Waals surface area contributed by atoms with Gasteiger partial charge in [0.15, 0.2) is 0 Å². The Labute approximate surface area is 154 Å². The van der Waals surface area contributed by atoms with Crippen LogP contribution in [0.2, 0.25) is 0 Å². The van der Waals surface area contributed by atoms with Gasteiger partial charge in [0.05, 0.1) is 0 Å². The van der Waals surface area contributed by atoms with Crippen LogP contribution in [0.1, 0.15) is 80.3 Å². The van der Waals surface area contributed by atoms with Crippen molar-refractivity contribution in [2.24, 2.45) is 0 Å². The van der Waals surface area contributed by atoms with Gasteiger partial charge in [0.25, 0.3) is 0 Å². The first kappa shape index (κ1) is 18.1. The van der Waals surface area contributed by atoms with Crippen LogP contribution in [-0.4, -0.2) is 16.1 Å². The molecule has 1 aliphatic carbocycles. The van der Waals surface area contributed by atoms with Gasteiger partial charge in [-0.05, 0) is 36.3 Å². The molecule has 2 aromatic rings. The predicted octanol–water partition coefficient (Wildman–Crippen LogP) is 5.28. The number of benzene rings is 1. The highest BCUT2D eigenvalue weighted by Crippen LogP contribution is 2.35. The Hall–Kier alpha value is -1.75. The largest absolute Gasteiger partial charge is 0.301 e. The first-order valence-corrected chi connectivity index (χ1v) is 10.2. The molecule has 1 fully saturated rings. The molecule has 0 bridgehead atoms. The third-order valence-electron chi connectivity index (χ3n) is 4.93. The lowest BCUT2D eigenvalue weighted by molar-refractivity contribution is -0.116. The summed E-state index contributed by atoms with van der Waals surface area (Å²) in [5.74, 6) is 1.09. The minimum Gasteiger partial charge on any atom is -0.301 e. The monoisotopic (exact) mass is 357 g/mol. The molecule has 0 radical (unpaired) electrons. The van der Waals surface area contributed by atoms with Crippen molar-refractivity contribution >= 4 is 22.4 Å². The Morgan fingerprint density at radius 1 is 1.16 bits per heavy atom. The van der Waals surface area contributed by atoms with E-state index in [9.17, 15) is 4.79 Å². The van der Waals surface area contributed by atoms with E-state index in [2.05, 4.69) is 53.6 Å². The SMILES string of the molecule is CC(C)c1ccc(CCC(=O)Nc2nnc(C3CCCCC3)s2)cc1. The topological polar surface area (TPSA) is 54.9 Å². The number of hydrogen-bond acceptors (Lipinski definition) is 4. The van der Waals surface area contributed by atoms with Crippen LogP contribution in [0.25, 0.3) is 0 Å². The third-order valence-corrected chi connectivity index (χ3v) is 5.93. The van der Waals surface area contributed by atoms with Crippen molar-refractivity contribution in [1.29, 1.82) is 0 Å². The zero-order valence-corrected chi connectivity index (χ0v) is 15.9. The summed E-state index contributed by atoms with van der Waals surface area (Å²) < 4.78 is 0. The van der Waals surface area contributed by atoms with Crippen molar-refractivity contribution < 1.29 is 4.79 Å². The molecule has 1 saturated carbocycles. The number of nitrogens with one attached hydrogen (secondary N) is 1. The fraction of sp³-hybridized carbons (Fsp3) is 0.550. The number of aryl methyl sites for hydroxylation is 1. The van der Waals surface area contributed by atoms with Crippen LogP contribution in [0.5, 0.6) is 0 Å². The second-order valence-corrected chi connectivity index (χ2v) is 8.23. The Morgan fingerprint density at radius 3 is 2.56 bits per heavy atom. The normalized spacial score (nSPS) is 15.5. The van der Waals surface area contributed by atoms with Gasteiger partial charge in [-0.3, -0.25) is 4.79 Å². The fourth-order valence-electron chi connectivity index (χ4n) is 3.31. The summed E-state index contributed by atoms with van der Waals surface area (Å²) in [6, 6.07) is 8.54.